The highest BCUT2D eigenvalue weighted by atomic mass is 79.9. The maximum atomic E-state index is 12.6. The van der Waals surface area contributed by atoms with Crippen molar-refractivity contribution in [1.29, 1.82) is 0 Å². The lowest BCUT2D eigenvalue weighted by Crippen LogP contribution is -2.39. The van der Waals surface area contributed by atoms with Crippen molar-refractivity contribution in [3.05, 3.63) is 46.1 Å². The second-order valence-corrected chi connectivity index (χ2v) is 6.37. The van der Waals surface area contributed by atoms with Gasteiger partial charge in [0.15, 0.2) is 0 Å². The normalized spacial score (nSPS) is 18.7. The number of carbonyl (C=O) groups excluding carboxylic acids is 1. The highest BCUT2D eigenvalue weighted by molar-refractivity contribution is 9.10. The number of hydrogen-bond acceptors (Lipinski definition) is 4. The second-order valence-electron chi connectivity index (χ2n) is 5.51. The van der Waals surface area contributed by atoms with Gasteiger partial charge in [0.25, 0.3) is 5.91 Å². The zero-order chi connectivity index (χ0) is 17.3. The van der Waals surface area contributed by atoms with Crippen LogP contribution in [0.3, 0.4) is 0 Å². The lowest BCUT2D eigenvalue weighted by molar-refractivity contribution is -0.157. The fraction of sp³-hybridized carbons (Fsp3) is 0.400. The fourth-order valence-electron chi connectivity index (χ4n) is 2.68. The predicted octanol–water partition coefficient (Wildman–Crippen LogP) is 3.87. The van der Waals surface area contributed by atoms with E-state index in [-0.39, 0.29) is 18.3 Å². The van der Waals surface area contributed by atoms with Gasteiger partial charge in [-0.15, -0.1) is 10.2 Å². The molecule has 0 unspecified atom stereocenters. The quantitative estimate of drug-likeness (QED) is 0.763. The van der Waals surface area contributed by atoms with Crippen LogP contribution in [0.1, 0.15) is 40.9 Å². The van der Waals surface area contributed by atoms with E-state index in [1.165, 1.54) is 0 Å². The van der Waals surface area contributed by atoms with Crippen LogP contribution in [0, 0.1) is 0 Å². The van der Waals surface area contributed by atoms with Crippen LogP contribution in [0.2, 0.25) is 0 Å². The minimum Gasteiger partial charge on any atom is -0.417 e. The van der Waals surface area contributed by atoms with E-state index in [0.717, 1.165) is 0 Å². The summed E-state index contributed by atoms with van der Waals surface area (Å²) in [4.78, 5) is 14.2. The Labute approximate surface area is 144 Å². The molecular formula is C15H13BrF3N3O2. The molecule has 5 nitrogen and oxygen atoms in total. The molecule has 1 aliphatic heterocycles. The molecule has 1 aromatic heterocycles. The Morgan fingerprint density at radius 3 is 2.71 bits per heavy atom. The van der Waals surface area contributed by atoms with Crippen molar-refractivity contribution >= 4 is 21.8 Å². The molecule has 0 aliphatic carbocycles. The number of aromatic nitrogens is 2. The van der Waals surface area contributed by atoms with Gasteiger partial charge in [0.1, 0.15) is 0 Å². The summed E-state index contributed by atoms with van der Waals surface area (Å²) in [5.74, 6) is -2.00. The van der Waals surface area contributed by atoms with E-state index in [1.54, 1.807) is 29.2 Å². The van der Waals surface area contributed by atoms with Crippen LogP contribution < -0.4 is 0 Å². The lowest BCUT2D eigenvalue weighted by Gasteiger charge is -2.31. The Morgan fingerprint density at radius 1 is 1.29 bits per heavy atom. The molecule has 0 N–H and O–H groups in total. The van der Waals surface area contributed by atoms with E-state index >= 15 is 0 Å². The molecule has 1 saturated heterocycles. The van der Waals surface area contributed by atoms with Crippen LogP contribution in [0.5, 0.6) is 0 Å². The average Bonchev–Trinajstić information content (AvgIpc) is 3.05. The van der Waals surface area contributed by atoms with Gasteiger partial charge < -0.3 is 9.32 Å². The summed E-state index contributed by atoms with van der Waals surface area (Å²) >= 11 is 3.34. The van der Waals surface area contributed by atoms with Crippen molar-refractivity contribution in [3.63, 3.8) is 0 Å². The van der Waals surface area contributed by atoms with Gasteiger partial charge in [0.2, 0.25) is 5.89 Å². The van der Waals surface area contributed by atoms with Crippen LogP contribution >= 0.6 is 15.9 Å². The van der Waals surface area contributed by atoms with Gasteiger partial charge in [0.05, 0.1) is 11.5 Å². The van der Waals surface area contributed by atoms with Gasteiger partial charge >= 0.3 is 12.1 Å². The van der Waals surface area contributed by atoms with Gasteiger partial charge in [0, 0.05) is 17.6 Å². The maximum Gasteiger partial charge on any atom is 0.470 e. The van der Waals surface area contributed by atoms with Crippen molar-refractivity contribution < 1.29 is 22.4 Å². The van der Waals surface area contributed by atoms with Crippen LogP contribution in [0.25, 0.3) is 0 Å². The number of nitrogens with zero attached hydrogens (tertiary/aromatic N) is 3. The zero-order valence-corrected chi connectivity index (χ0v) is 14.0. The van der Waals surface area contributed by atoms with E-state index in [1.807, 2.05) is 0 Å². The number of halogens is 4. The molecule has 0 bridgehead atoms. The number of hydrogen-bond donors (Lipinski definition) is 0. The molecule has 9 heteroatoms. The number of amides is 1. The zero-order valence-electron chi connectivity index (χ0n) is 12.4. The topological polar surface area (TPSA) is 59.2 Å². The Bertz CT molecular complexity index is 748. The van der Waals surface area contributed by atoms with Crippen molar-refractivity contribution in [3.8, 4) is 0 Å². The standard InChI is InChI=1S/C15H13BrF3N3O2/c16-11-6-2-1-5-10(11)13(23)22-7-3-4-9(8-22)12-20-21-14(24-12)15(17,18)19/h1-2,5-6,9H,3-4,7-8H2/t9-/m1/s1. The predicted molar refractivity (Wildman–Crippen MR) is 81.3 cm³/mol. The van der Waals surface area contributed by atoms with Crippen LogP contribution in [0.15, 0.2) is 33.2 Å². The van der Waals surface area contributed by atoms with Crippen molar-refractivity contribution in [1.82, 2.24) is 15.1 Å². The molecule has 1 aromatic carbocycles. The summed E-state index contributed by atoms with van der Waals surface area (Å²) in [5, 5.41) is 6.56. The molecule has 1 aliphatic rings. The summed E-state index contributed by atoms with van der Waals surface area (Å²) in [6.45, 7) is 0.788. The number of alkyl halides is 3. The largest absolute Gasteiger partial charge is 0.470 e. The van der Waals surface area contributed by atoms with E-state index in [2.05, 4.69) is 26.1 Å². The molecule has 2 aromatic rings. The molecule has 0 saturated carbocycles. The van der Waals surface area contributed by atoms with Gasteiger partial charge in [-0.25, -0.2) is 0 Å². The molecule has 128 valence electrons. The molecule has 0 spiro atoms. The summed E-state index contributed by atoms with van der Waals surface area (Å²) in [6.07, 6.45) is -3.41. The Kier molecular flexibility index (Phi) is 4.62. The van der Waals surface area contributed by atoms with Crippen LogP contribution in [-0.4, -0.2) is 34.1 Å². The molecular weight excluding hydrogens is 391 g/mol. The smallest absolute Gasteiger partial charge is 0.417 e. The lowest BCUT2D eigenvalue weighted by atomic mass is 9.97. The van der Waals surface area contributed by atoms with Crippen molar-refractivity contribution in [2.45, 2.75) is 24.9 Å². The van der Waals surface area contributed by atoms with Crippen LogP contribution in [-0.2, 0) is 6.18 Å². The van der Waals surface area contributed by atoms with E-state index in [0.29, 0.717) is 29.4 Å². The van der Waals surface area contributed by atoms with E-state index < -0.39 is 18.0 Å². The first-order valence-electron chi connectivity index (χ1n) is 7.30. The first kappa shape index (κ1) is 16.9. The van der Waals surface area contributed by atoms with E-state index in [4.69, 9.17) is 4.42 Å². The highest BCUT2D eigenvalue weighted by Crippen LogP contribution is 2.32. The third kappa shape index (κ3) is 3.45. The first-order valence-corrected chi connectivity index (χ1v) is 8.10. The first-order chi connectivity index (χ1) is 11.4. The number of carbonyl (C=O) groups is 1. The van der Waals surface area contributed by atoms with Gasteiger partial charge in [-0.05, 0) is 40.9 Å². The van der Waals surface area contributed by atoms with Gasteiger partial charge in [-0.2, -0.15) is 13.2 Å². The minimum atomic E-state index is -4.66. The summed E-state index contributed by atoms with van der Waals surface area (Å²) < 4.78 is 43.1. The number of likely N-dealkylation sites (tertiary alicyclic amines) is 1. The highest BCUT2D eigenvalue weighted by Gasteiger charge is 2.39. The third-order valence-corrected chi connectivity index (χ3v) is 4.54. The van der Waals surface area contributed by atoms with Crippen LogP contribution in [0.4, 0.5) is 13.2 Å². The monoisotopic (exact) mass is 403 g/mol. The number of rotatable bonds is 2. The Balaban J connectivity index is 1.76. The molecule has 0 radical (unpaired) electrons. The van der Waals surface area contributed by atoms with E-state index in [9.17, 15) is 18.0 Å². The number of piperidine rings is 1. The number of benzene rings is 1. The van der Waals surface area contributed by atoms with Gasteiger partial charge in [-0.3, -0.25) is 4.79 Å². The molecule has 24 heavy (non-hydrogen) atoms. The summed E-state index contributed by atoms with van der Waals surface area (Å²) in [5.41, 5.74) is 0.514. The molecule has 1 atom stereocenters. The molecule has 1 amide bonds. The second kappa shape index (κ2) is 6.54. The Hall–Kier alpha value is -1.90. The molecule has 3 rings (SSSR count). The fourth-order valence-corrected chi connectivity index (χ4v) is 3.14. The maximum absolute atomic E-state index is 12.6. The Morgan fingerprint density at radius 2 is 2.04 bits per heavy atom. The SMILES string of the molecule is O=C(c1ccccc1Br)N1CCC[C@@H](c2nnc(C(F)(F)F)o2)C1. The van der Waals surface area contributed by atoms with Crippen molar-refractivity contribution in [2.24, 2.45) is 0 Å². The molecule has 2 heterocycles. The summed E-state index contributed by atoms with van der Waals surface area (Å²) in [7, 11) is 0. The average molecular weight is 404 g/mol. The minimum absolute atomic E-state index is 0.0769. The van der Waals surface area contributed by atoms with Gasteiger partial charge in [-0.1, -0.05) is 12.1 Å². The van der Waals surface area contributed by atoms with Crippen molar-refractivity contribution in [2.75, 3.05) is 13.1 Å². The molecule has 1 fully saturated rings. The summed E-state index contributed by atoms with van der Waals surface area (Å²) in [6, 6.07) is 7.02. The third-order valence-electron chi connectivity index (χ3n) is 3.85.